The molecule has 5 rings (SSSR count). The number of benzene rings is 3. The molecule has 39 heavy (non-hydrogen) atoms. The lowest BCUT2D eigenvalue weighted by Crippen LogP contribution is -2.53. The summed E-state index contributed by atoms with van der Waals surface area (Å²) in [6.45, 7) is 0.907. The number of likely N-dealkylation sites (tertiary alicyclic amines) is 1. The summed E-state index contributed by atoms with van der Waals surface area (Å²) in [5.74, 6) is -1.52. The van der Waals surface area contributed by atoms with E-state index in [9.17, 15) is 18.4 Å². The standard InChI is InChI=1S/C30H27F2NO6/c1-36-25-4-2-3-22(19-25)30-26(38-27(34)13-14-28(35)39-30)15-16-33(30)17-18-37-29(20-5-9-23(31)10-6-20)21-7-11-24(32)12-8-21/h2-14,19,26,29H,15-18H2,1H3/b14-13+. The minimum atomic E-state index is -1.41. The fourth-order valence-corrected chi connectivity index (χ4v) is 5.10. The molecule has 1 saturated heterocycles. The number of carbonyl (C=O) groups excluding carboxylic acids is 2. The van der Waals surface area contributed by atoms with E-state index < -0.39 is 29.9 Å². The molecule has 0 saturated carbocycles. The van der Waals surface area contributed by atoms with Gasteiger partial charge < -0.3 is 18.9 Å². The first-order chi connectivity index (χ1) is 18.9. The molecule has 2 atom stereocenters. The van der Waals surface area contributed by atoms with E-state index in [0.717, 1.165) is 12.2 Å². The molecule has 0 amide bonds. The Labute approximate surface area is 224 Å². The van der Waals surface area contributed by atoms with Gasteiger partial charge in [0.05, 0.1) is 13.7 Å². The van der Waals surface area contributed by atoms with E-state index in [2.05, 4.69) is 0 Å². The number of methoxy groups -OCH3 is 1. The highest BCUT2D eigenvalue weighted by Gasteiger charge is 2.56. The van der Waals surface area contributed by atoms with E-state index in [0.29, 0.717) is 42.0 Å². The number of halogens is 2. The molecule has 0 bridgehead atoms. The molecule has 3 aromatic rings. The van der Waals surface area contributed by atoms with E-state index in [1.165, 1.54) is 31.4 Å². The molecule has 3 aromatic carbocycles. The maximum absolute atomic E-state index is 13.6. The Morgan fingerprint density at radius 1 is 0.949 bits per heavy atom. The van der Waals surface area contributed by atoms with Crippen molar-refractivity contribution in [1.29, 1.82) is 0 Å². The Hall–Kier alpha value is -4.08. The van der Waals surface area contributed by atoms with E-state index in [4.69, 9.17) is 18.9 Å². The van der Waals surface area contributed by atoms with Gasteiger partial charge in [-0.25, -0.2) is 18.4 Å². The van der Waals surface area contributed by atoms with Crippen LogP contribution in [0.15, 0.2) is 84.9 Å². The first-order valence-electron chi connectivity index (χ1n) is 12.5. The monoisotopic (exact) mass is 535 g/mol. The zero-order valence-electron chi connectivity index (χ0n) is 21.2. The third-order valence-corrected chi connectivity index (χ3v) is 6.91. The number of esters is 2. The maximum Gasteiger partial charge on any atom is 0.333 e. The van der Waals surface area contributed by atoms with E-state index >= 15 is 0 Å². The highest BCUT2D eigenvalue weighted by atomic mass is 19.1. The van der Waals surface area contributed by atoms with E-state index in [1.807, 2.05) is 4.90 Å². The average molecular weight is 536 g/mol. The van der Waals surface area contributed by atoms with Crippen LogP contribution < -0.4 is 4.74 Å². The quantitative estimate of drug-likeness (QED) is 0.389. The summed E-state index contributed by atoms with van der Waals surface area (Å²) in [4.78, 5) is 27.0. The topological polar surface area (TPSA) is 74.3 Å². The molecule has 0 radical (unpaired) electrons. The molecule has 0 N–H and O–H groups in total. The van der Waals surface area contributed by atoms with Gasteiger partial charge in [-0.2, -0.15) is 0 Å². The lowest BCUT2D eigenvalue weighted by atomic mass is 9.96. The second-order valence-corrected chi connectivity index (χ2v) is 9.24. The third-order valence-electron chi connectivity index (χ3n) is 6.91. The normalized spacial score (nSPS) is 22.0. The molecule has 202 valence electrons. The Morgan fingerprint density at radius 3 is 2.23 bits per heavy atom. The predicted molar refractivity (Wildman–Crippen MR) is 137 cm³/mol. The summed E-state index contributed by atoms with van der Waals surface area (Å²) >= 11 is 0. The molecule has 0 spiro atoms. The number of ether oxygens (including phenoxy) is 4. The van der Waals surface area contributed by atoms with Crippen molar-refractivity contribution in [2.45, 2.75) is 24.4 Å². The first-order valence-corrected chi connectivity index (χ1v) is 12.5. The number of nitrogens with zero attached hydrogens (tertiary/aromatic N) is 1. The predicted octanol–water partition coefficient (Wildman–Crippen LogP) is 4.66. The Bertz CT molecular complexity index is 1320. The first kappa shape index (κ1) is 26.5. The third kappa shape index (κ3) is 5.55. The summed E-state index contributed by atoms with van der Waals surface area (Å²) in [6.07, 6.45) is 1.16. The lowest BCUT2D eigenvalue weighted by Gasteiger charge is -2.41. The van der Waals surface area contributed by atoms with Crippen LogP contribution in [0.2, 0.25) is 0 Å². The summed E-state index contributed by atoms with van der Waals surface area (Å²) in [5, 5.41) is 0. The molecule has 1 fully saturated rings. The lowest BCUT2D eigenvalue weighted by molar-refractivity contribution is -0.209. The van der Waals surface area contributed by atoms with E-state index in [-0.39, 0.29) is 18.2 Å². The van der Waals surface area contributed by atoms with Gasteiger partial charge in [0, 0.05) is 37.2 Å². The van der Waals surface area contributed by atoms with Crippen molar-refractivity contribution in [2.24, 2.45) is 0 Å². The highest BCUT2D eigenvalue weighted by molar-refractivity contribution is 5.92. The van der Waals surface area contributed by atoms with E-state index in [1.54, 1.807) is 48.5 Å². The van der Waals surface area contributed by atoms with Crippen molar-refractivity contribution in [2.75, 3.05) is 26.8 Å². The van der Waals surface area contributed by atoms with Crippen LogP contribution in [-0.4, -0.2) is 49.7 Å². The number of hydrogen-bond acceptors (Lipinski definition) is 7. The average Bonchev–Trinajstić information content (AvgIpc) is 3.27. The second kappa shape index (κ2) is 11.3. The molecular weight excluding hydrogens is 508 g/mol. The molecule has 0 aromatic heterocycles. The largest absolute Gasteiger partial charge is 0.497 e. The molecule has 7 nitrogen and oxygen atoms in total. The number of hydrogen-bond donors (Lipinski definition) is 0. The van der Waals surface area contributed by atoms with Crippen molar-refractivity contribution in [1.82, 2.24) is 4.90 Å². The zero-order valence-corrected chi connectivity index (χ0v) is 21.2. The Kier molecular flexibility index (Phi) is 7.72. The highest BCUT2D eigenvalue weighted by Crippen LogP contribution is 2.44. The smallest absolute Gasteiger partial charge is 0.333 e. The van der Waals surface area contributed by atoms with Gasteiger partial charge in [-0.3, -0.25) is 4.90 Å². The van der Waals surface area contributed by atoms with Gasteiger partial charge >= 0.3 is 11.9 Å². The van der Waals surface area contributed by atoms with Gasteiger partial charge in [0.1, 0.15) is 23.5 Å². The van der Waals surface area contributed by atoms with Gasteiger partial charge in [0.2, 0.25) is 5.72 Å². The fourth-order valence-electron chi connectivity index (χ4n) is 5.10. The van der Waals surface area contributed by atoms with Gasteiger partial charge in [0.25, 0.3) is 0 Å². The van der Waals surface area contributed by atoms with Gasteiger partial charge in [0.15, 0.2) is 6.10 Å². The van der Waals surface area contributed by atoms with Crippen LogP contribution in [0.5, 0.6) is 5.75 Å². The summed E-state index contributed by atoms with van der Waals surface area (Å²) < 4.78 is 50.7. The summed E-state index contributed by atoms with van der Waals surface area (Å²) in [7, 11) is 1.53. The number of carbonyl (C=O) groups is 2. The minimum Gasteiger partial charge on any atom is -0.497 e. The van der Waals surface area contributed by atoms with Crippen LogP contribution in [0.4, 0.5) is 8.78 Å². The molecule has 2 aliphatic rings. The van der Waals surface area contributed by atoms with Crippen LogP contribution in [0.25, 0.3) is 0 Å². The summed E-state index contributed by atoms with van der Waals surface area (Å²) in [5.41, 5.74) is 0.577. The minimum absolute atomic E-state index is 0.166. The molecule has 2 unspecified atom stereocenters. The van der Waals surface area contributed by atoms with Gasteiger partial charge in [-0.15, -0.1) is 0 Å². The Balaban J connectivity index is 1.44. The molecule has 2 aliphatic heterocycles. The van der Waals surface area contributed by atoms with Crippen LogP contribution in [0.3, 0.4) is 0 Å². The van der Waals surface area contributed by atoms with Crippen LogP contribution >= 0.6 is 0 Å². The maximum atomic E-state index is 13.6. The van der Waals surface area contributed by atoms with Crippen molar-refractivity contribution >= 4 is 11.9 Å². The Morgan fingerprint density at radius 2 is 1.59 bits per heavy atom. The van der Waals surface area contributed by atoms with Crippen molar-refractivity contribution in [3.63, 3.8) is 0 Å². The number of rotatable bonds is 8. The van der Waals surface area contributed by atoms with Crippen LogP contribution in [-0.2, 0) is 29.5 Å². The molecular formula is C30H27F2NO6. The molecule has 0 aliphatic carbocycles. The zero-order chi connectivity index (χ0) is 27.4. The summed E-state index contributed by atoms with van der Waals surface area (Å²) in [6, 6.07) is 18.9. The van der Waals surface area contributed by atoms with Gasteiger partial charge in [-0.1, -0.05) is 36.4 Å². The van der Waals surface area contributed by atoms with Crippen molar-refractivity contribution < 1.29 is 37.3 Å². The van der Waals surface area contributed by atoms with Gasteiger partial charge in [-0.05, 0) is 47.5 Å². The second-order valence-electron chi connectivity index (χ2n) is 9.24. The SMILES string of the molecule is COc1cccc(C23OC(=O)/C=C/C(=O)OC2CCN3CCOC(c2ccc(F)cc2)c2ccc(F)cc2)c1. The molecule has 9 heteroatoms. The van der Waals surface area contributed by atoms with Crippen molar-refractivity contribution in [3.05, 3.63) is 113 Å². The molecule has 2 heterocycles. The van der Waals surface area contributed by atoms with Crippen molar-refractivity contribution in [3.8, 4) is 5.75 Å². The number of fused-ring (bicyclic) bond motifs is 1. The van der Waals surface area contributed by atoms with Crippen LogP contribution in [0, 0.1) is 11.6 Å². The fraction of sp³-hybridized carbons (Fsp3) is 0.267. The van der Waals surface area contributed by atoms with Crippen LogP contribution in [0.1, 0.15) is 29.2 Å².